The fourth-order valence-corrected chi connectivity index (χ4v) is 4.20. The van der Waals surface area contributed by atoms with Crippen LogP contribution in [-0.2, 0) is 10.0 Å². The average Bonchev–Trinajstić information content (AvgIpc) is 3.54. The summed E-state index contributed by atoms with van der Waals surface area (Å²) in [6, 6.07) is 20.7. The number of rotatable bonds is 7. The van der Waals surface area contributed by atoms with Gasteiger partial charge in [0.05, 0.1) is 4.90 Å². The van der Waals surface area contributed by atoms with E-state index in [9.17, 15) is 13.2 Å². The molecule has 7 heteroatoms. The van der Waals surface area contributed by atoms with Gasteiger partial charge >= 0.3 is 0 Å². The van der Waals surface area contributed by atoms with Crippen LogP contribution in [0, 0.1) is 6.92 Å². The molecule has 0 aliphatic heterocycles. The lowest BCUT2D eigenvalue weighted by molar-refractivity contribution is 0.102. The highest BCUT2D eigenvalue weighted by molar-refractivity contribution is 7.89. The van der Waals surface area contributed by atoms with Crippen molar-refractivity contribution in [3.05, 3.63) is 83.9 Å². The quantitative estimate of drug-likeness (QED) is 0.588. The van der Waals surface area contributed by atoms with Crippen LogP contribution in [-0.4, -0.2) is 20.4 Å². The van der Waals surface area contributed by atoms with Crippen molar-refractivity contribution < 1.29 is 17.9 Å². The molecule has 0 atom stereocenters. The number of anilines is 1. The van der Waals surface area contributed by atoms with Crippen molar-refractivity contribution in [3.63, 3.8) is 0 Å². The van der Waals surface area contributed by atoms with E-state index in [4.69, 9.17) is 4.74 Å². The molecule has 0 radical (unpaired) electrons. The molecule has 1 fully saturated rings. The van der Waals surface area contributed by atoms with Crippen LogP contribution in [0.5, 0.6) is 11.5 Å². The van der Waals surface area contributed by atoms with Gasteiger partial charge in [0.15, 0.2) is 0 Å². The van der Waals surface area contributed by atoms with Gasteiger partial charge in [-0.15, -0.1) is 0 Å². The molecule has 4 rings (SSSR count). The van der Waals surface area contributed by atoms with Gasteiger partial charge in [0.25, 0.3) is 5.91 Å². The third-order valence-corrected chi connectivity index (χ3v) is 6.19. The molecule has 0 saturated heterocycles. The maximum absolute atomic E-state index is 12.6. The Balaban J connectivity index is 1.42. The van der Waals surface area contributed by atoms with Crippen LogP contribution in [0.4, 0.5) is 5.69 Å². The van der Waals surface area contributed by atoms with E-state index in [-0.39, 0.29) is 22.4 Å². The first-order chi connectivity index (χ1) is 14.4. The van der Waals surface area contributed by atoms with E-state index in [0.717, 1.165) is 24.2 Å². The molecule has 1 amide bonds. The molecule has 0 heterocycles. The molecular formula is C23H22N2O4S. The molecule has 3 aromatic carbocycles. The molecular weight excluding hydrogens is 400 g/mol. The van der Waals surface area contributed by atoms with E-state index < -0.39 is 10.0 Å². The number of carbonyl (C=O) groups excluding carboxylic acids is 1. The molecule has 6 nitrogen and oxygen atoms in total. The number of hydrogen-bond acceptors (Lipinski definition) is 4. The van der Waals surface area contributed by atoms with Crippen molar-refractivity contribution in [1.82, 2.24) is 4.72 Å². The number of carbonyl (C=O) groups is 1. The van der Waals surface area contributed by atoms with Gasteiger partial charge in [0.2, 0.25) is 10.0 Å². The van der Waals surface area contributed by atoms with Crippen molar-refractivity contribution in [2.75, 3.05) is 5.32 Å². The molecule has 0 aromatic heterocycles. The SMILES string of the molecule is Cc1ccc(Oc2ccc(NC(=O)c3cccc(S(=O)(=O)NC4CC4)c3)cc2)cc1. The van der Waals surface area contributed by atoms with Gasteiger partial charge in [-0.05, 0) is 74.4 Å². The second-order valence-electron chi connectivity index (χ2n) is 7.32. The zero-order valence-corrected chi connectivity index (χ0v) is 17.3. The highest BCUT2D eigenvalue weighted by Gasteiger charge is 2.28. The van der Waals surface area contributed by atoms with Crippen molar-refractivity contribution in [1.29, 1.82) is 0 Å². The van der Waals surface area contributed by atoms with E-state index >= 15 is 0 Å². The zero-order valence-electron chi connectivity index (χ0n) is 16.5. The lowest BCUT2D eigenvalue weighted by atomic mass is 10.2. The maximum atomic E-state index is 12.6. The summed E-state index contributed by atoms with van der Waals surface area (Å²) >= 11 is 0. The highest BCUT2D eigenvalue weighted by atomic mass is 32.2. The van der Waals surface area contributed by atoms with Gasteiger partial charge in [-0.1, -0.05) is 23.8 Å². The fourth-order valence-electron chi connectivity index (χ4n) is 2.85. The monoisotopic (exact) mass is 422 g/mol. The number of nitrogens with one attached hydrogen (secondary N) is 2. The summed E-state index contributed by atoms with van der Waals surface area (Å²) in [5, 5.41) is 2.78. The van der Waals surface area contributed by atoms with Gasteiger partial charge in [0, 0.05) is 17.3 Å². The summed E-state index contributed by atoms with van der Waals surface area (Å²) in [6.07, 6.45) is 1.70. The first-order valence-corrected chi connectivity index (χ1v) is 11.2. The maximum Gasteiger partial charge on any atom is 0.255 e. The van der Waals surface area contributed by atoms with Gasteiger partial charge < -0.3 is 10.1 Å². The van der Waals surface area contributed by atoms with Gasteiger partial charge in [0.1, 0.15) is 11.5 Å². The summed E-state index contributed by atoms with van der Waals surface area (Å²) in [7, 11) is -3.61. The third kappa shape index (κ3) is 5.06. The Morgan fingerprint density at radius 3 is 2.20 bits per heavy atom. The highest BCUT2D eigenvalue weighted by Crippen LogP contribution is 2.24. The summed E-state index contributed by atoms with van der Waals surface area (Å²) < 4.78 is 33.1. The Hall–Kier alpha value is -3.16. The minimum atomic E-state index is -3.61. The van der Waals surface area contributed by atoms with Crippen molar-refractivity contribution in [2.45, 2.75) is 30.7 Å². The largest absolute Gasteiger partial charge is 0.457 e. The molecule has 2 N–H and O–H groups in total. The normalized spacial score (nSPS) is 13.6. The van der Waals surface area contributed by atoms with Crippen LogP contribution in [0.3, 0.4) is 0 Å². The molecule has 1 aliphatic rings. The van der Waals surface area contributed by atoms with Crippen LogP contribution in [0.25, 0.3) is 0 Å². The summed E-state index contributed by atoms with van der Waals surface area (Å²) in [4.78, 5) is 12.7. The summed E-state index contributed by atoms with van der Waals surface area (Å²) in [5.74, 6) is 0.997. The lowest BCUT2D eigenvalue weighted by Gasteiger charge is -2.10. The van der Waals surface area contributed by atoms with Gasteiger partial charge in [-0.2, -0.15) is 0 Å². The van der Waals surface area contributed by atoms with Crippen LogP contribution >= 0.6 is 0 Å². The Bertz CT molecular complexity index is 1150. The fraction of sp³-hybridized carbons (Fsp3) is 0.174. The van der Waals surface area contributed by atoms with Crippen LogP contribution in [0.15, 0.2) is 77.7 Å². The van der Waals surface area contributed by atoms with E-state index in [1.54, 1.807) is 36.4 Å². The number of hydrogen-bond donors (Lipinski definition) is 2. The summed E-state index contributed by atoms with van der Waals surface area (Å²) in [5.41, 5.74) is 2.01. The van der Waals surface area contributed by atoms with Crippen molar-refractivity contribution >= 4 is 21.6 Å². The number of sulfonamides is 1. The summed E-state index contributed by atoms with van der Waals surface area (Å²) in [6.45, 7) is 2.01. The number of amides is 1. The zero-order chi connectivity index (χ0) is 21.1. The minimum Gasteiger partial charge on any atom is -0.457 e. The molecule has 30 heavy (non-hydrogen) atoms. The Kier molecular flexibility index (Phi) is 5.57. The standard InChI is InChI=1S/C23H22N2O4S/c1-16-5-11-20(12-6-16)29-21-13-9-18(10-14-21)24-23(26)17-3-2-4-22(15-17)30(27,28)25-19-7-8-19/h2-6,9-15,19,25H,7-8H2,1H3,(H,24,26). The topological polar surface area (TPSA) is 84.5 Å². The van der Waals surface area contributed by atoms with Crippen LogP contribution in [0.1, 0.15) is 28.8 Å². The number of ether oxygens (including phenoxy) is 1. The first kappa shape index (κ1) is 20.1. The predicted molar refractivity (Wildman–Crippen MR) is 115 cm³/mol. The smallest absolute Gasteiger partial charge is 0.255 e. The Morgan fingerprint density at radius 1 is 0.933 bits per heavy atom. The Morgan fingerprint density at radius 2 is 1.57 bits per heavy atom. The Labute approximate surface area is 176 Å². The average molecular weight is 423 g/mol. The molecule has 0 bridgehead atoms. The van der Waals surface area contributed by atoms with Crippen molar-refractivity contribution in [2.24, 2.45) is 0 Å². The second kappa shape index (κ2) is 8.30. The lowest BCUT2D eigenvalue weighted by Crippen LogP contribution is -2.26. The molecule has 3 aromatic rings. The molecule has 0 spiro atoms. The first-order valence-electron chi connectivity index (χ1n) is 9.67. The molecule has 1 aliphatic carbocycles. The van der Waals surface area contributed by atoms with Gasteiger partial charge in [-0.25, -0.2) is 13.1 Å². The number of aryl methyl sites for hydroxylation is 1. The third-order valence-electron chi connectivity index (χ3n) is 4.67. The molecule has 154 valence electrons. The van der Waals surface area contributed by atoms with E-state index in [1.165, 1.54) is 12.1 Å². The number of benzene rings is 3. The predicted octanol–water partition coefficient (Wildman–Crippen LogP) is 4.48. The van der Waals surface area contributed by atoms with Crippen LogP contribution < -0.4 is 14.8 Å². The molecule has 1 saturated carbocycles. The van der Waals surface area contributed by atoms with E-state index in [0.29, 0.717) is 11.4 Å². The van der Waals surface area contributed by atoms with Gasteiger partial charge in [-0.3, -0.25) is 4.79 Å². The van der Waals surface area contributed by atoms with E-state index in [1.807, 2.05) is 31.2 Å². The van der Waals surface area contributed by atoms with E-state index in [2.05, 4.69) is 10.0 Å². The second-order valence-corrected chi connectivity index (χ2v) is 9.03. The van der Waals surface area contributed by atoms with Crippen molar-refractivity contribution in [3.8, 4) is 11.5 Å². The molecule has 0 unspecified atom stereocenters. The minimum absolute atomic E-state index is 0.00752. The van der Waals surface area contributed by atoms with Crippen LogP contribution in [0.2, 0.25) is 0 Å².